The molecule has 0 unspecified atom stereocenters. The molecule has 3 nitrogen and oxygen atoms in total. The van der Waals surface area contributed by atoms with Crippen LogP contribution in [0.25, 0.3) is 11.1 Å². The molecule has 0 amide bonds. The molecule has 0 bridgehead atoms. The number of rotatable bonds is 5. The fourth-order valence-corrected chi connectivity index (χ4v) is 2.83. The van der Waals surface area contributed by atoms with Crippen molar-refractivity contribution >= 4 is 31.4 Å². The molecule has 0 aliphatic heterocycles. The van der Waals surface area contributed by atoms with Gasteiger partial charge in [-0.2, -0.15) is 0 Å². The highest BCUT2D eigenvalue weighted by molar-refractivity contribution is 7.71. The Morgan fingerprint density at radius 1 is 1.32 bits per heavy atom. The van der Waals surface area contributed by atoms with Crippen molar-refractivity contribution in [3.63, 3.8) is 0 Å². The molecular weight excluding hydrogens is 274 g/mol. The third-order valence-electron chi connectivity index (χ3n) is 3.04. The molecule has 0 fully saturated rings. The monoisotopic (exact) mass is 295 g/mol. The van der Waals surface area contributed by atoms with Gasteiger partial charge in [-0.15, -0.1) is 0 Å². The number of nitrogens with zero attached hydrogens (tertiary/aromatic N) is 1. The first-order chi connectivity index (χ1) is 8.87. The molecule has 104 valence electrons. The van der Waals surface area contributed by atoms with Gasteiger partial charge in [0.2, 0.25) is 0 Å². The molecule has 19 heavy (non-hydrogen) atoms. The fourth-order valence-electron chi connectivity index (χ4n) is 1.83. The molecule has 0 atom stereocenters. The Balaban J connectivity index is 2.09. The summed E-state index contributed by atoms with van der Waals surface area (Å²) in [7, 11) is -1.04. The van der Waals surface area contributed by atoms with E-state index in [1.807, 2.05) is 23.6 Å². The van der Waals surface area contributed by atoms with Gasteiger partial charge in [0.1, 0.15) is 6.73 Å². The van der Waals surface area contributed by atoms with E-state index >= 15 is 0 Å². The molecule has 1 aromatic carbocycles. The maximum Gasteiger partial charge on any atom is 0.271 e. The van der Waals surface area contributed by atoms with Crippen LogP contribution in [0.5, 0.6) is 0 Å². The Morgan fingerprint density at radius 3 is 2.74 bits per heavy atom. The van der Waals surface area contributed by atoms with Crippen LogP contribution in [0.15, 0.2) is 22.6 Å². The summed E-state index contributed by atoms with van der Waals surface area (Å²) < 4.78 is 13.2. The lowest BCUT2D eigenvalue weighted by molar-refractivity contribution is 0.0867. The second kappa shape index (κ2) is 5.61. The topological polar surface area (TPSA) is 27.3 Å². The fraction of sp³-hybridized carbons (Fsp3) is 0.500. The highest BCUT2D eigenvalue weighted by atomic mass is 32.1. The molecule has 1 heterocycles. The molecule has 0 aliphatic carbocycles. The van der Waals surface area contributed by atoms with E-state index in [2.05, 4.69) is 25.7 Å². The first kappa shape index (κ1) is 14.5. The van der Waals surface area contributed by atoms with Gasteiger partial charge in [0.15, 0.2) is 5.58 Å². The number of ether oxygens (including phenoxy) is 1. The molecule has 0 radical (unpaired) electrons. The minimum absolute atomic E-state index is 0.472. The third-order valence-corrected chi connectivity index (χ3v) is 5.05. The molecule has 0 spiro atoms. The second-order valence-corrected chi connectivity index (χ2v) is 12.1. The predicted octanol–water partition coefficient (Wildman–Crippen LogP) is 4.58. The summed E-state index contributed by atoms with van der Waals surface area (Å²) in [6.07, 6.45) is 0. The lowest BCUT2D eigenvalue weighted by atomic mass is 10.2. The summed E-state index contributed by atoms with van der Waals surface area (Å²) in [5.41, 5.74) is 3.01. The number of aromatic nitrogens is 1. The Morgan fingerprint density at radius 2 is 2.05 bits per heavy atom. The maximum absolute atomic E-state index is 5.74. The second-order valence-electron chi connectivity index (χ2n) is 6.12. The summed E-state index contributed by atoms with van der Waals surface area (Å²) in [5, 5.41) is 0. The van der Waals surface area contributed by atoms with Crippen molar-refractivity contribution in [3.05, 3.63) is 28.6 Å². The Kier molecular flexibility index (Phi) is 4.28. The average Bonchev–Trinajstić information content (AvgIpc) is 2.58. The average molecular weight is 295 g/mol. The van der Waals surface area contributed by atoms with Gasteiger partial charge in [0.05, 0.1) is 5.52 Å². The van der Waals surface area contributed by atoms with E-state index in [0.29, 0.717) is 11.6 Å². The van der Waals surface area contributed by atoms with Crippen molar-refractivity contribution in [2.75, 3.05) is 6.61 Å². The normalized spacial score (nSPS) is 12.2. The van der Waals surface area contributed by atoms with Crippen molar-refractivity contribution < 1.29 is 9.15 Å². The number of fused-ring (bicyclic) bond motifs is 1. The highest BCUT2D eigenvalue weighted by Crippen LogP contribution is 2.19. The quantitative estimate of drug-likeness (QED) is 0.459. The molecule has 5 heteroatoms. The van der Waals surface area contributed by atoms with Gasteiger partial charge in [-0.1, -0.05) is 25.7 Å². The summed E-state index contributed by atoms with van der Waals surface area (Å²) >= 11 is 5.24. The van der Waals surface area contributed by atoms with E-state index < -0.39 is 8.07 Å². The van der Waals surface area contributed by atoms with Crippen molar-refractivity contribution in [2.24, 2.45) is 0 Å². The molecular formula is C14H21NO2SSi. The molecule has 0 saturated carbocycles. The van der Waals surface area contributed by atoms with Crippen LogP contribution in [-0.2, 0) is 11.5 Å². The van der Waals surface area contributed by atoms with Gasteiger partial charge < -0.3 is 9.15 Å². The van der Waals surface area contributed by atoms with E-state index in [1.165, 1.54) is 5.56 Å². The van der Waals surface area contributed by atoms with Crippen molar-refractivity contribution in [1.82, 2.24) is 4.57 Å². The summed E-state index contributed by atoms with van der Waals surface area (Å²) in [6.45, 7) is 10.3. The minimum atomic E-state index is -1.04. The Hall–Kier alpha value is -0.913. The summed E-state index contributed by atoms with van der Waals surface area (Å²) in [6, 6.07) is 7.26. The van der Waals surface area contributed by atoms with Crippen LogP contribution in [0.1, 0.15) is 5.56 Å². The number of oxazole rings is 1. The molecule has 2 aromatic rings. The van der Waals surface area contributed by atoms with Crippen LogP contribution < -0.4 is 0 Å². The van der Waals surface area contributed by atoms with E-state index in [0.717, 1.165) is 23.8 Å². The number of benzene rings is 1. The molecule has 2 rings (SSSR count). The summed E-state index contributed by atoms with van der Waals surface area (Å²) in [4.78, 5) is 0.480. The molecule has 0 saturated heterocycles. The van der Waals surface area contributed by atoms with Crippen molar-refractivity contribution in [3.8, 4) is 0 Å². The van der Waals surface area contributed by atoms with Gasteiger partial charge in [0, 0.05) is 14.7 Å². The zero-order valence-electron chi connectivity index (χ0n) is 12.0. The largest absolute Gasteiger partial charge is 0.429 e. The number of hydrogen-bond acceptors (Lipinski definition) is 3. The number of hydrogen-bond donors (Lipinski definition) is 0. The van der Waals surface area contributed by atoms with E-state index in [9.17, 15) is 0 Å². The standard InChI is InChI=1S/C14H21NO2SSi/c1-11-5-6-12-13(9-11)17-14(18)15(12)10-16-7-8-19(2,3)4/h5-6,9H,7-8,10H2,1-4H3. The number of aryl methyl sites for hydroxylation is 1. The minimum Gasteiger partial charge on any atom is -0.429 e. The van der Waals surface area contributed by atoms with Gasteiger partial charge in [-0.05, 0) is 42.9 Å². The van der Waals surface area contributed by atoms with Crippen molar-refractivity contribution in [2.45, 2.75) is 39.3 Å². The Labute approximate surface area is 120 Å². The third kappa shape index (κ3) is 3.78. The molecule has 1 aromatic heterocycles. The van der Waals surface area contributed by atoms with E-state index in [-0.39, 0.29) is 0 Å². The van der Waals surface area contributed by atoms with E-state index in [1.54, 1.807) is 0 Å². The van der Waals surface area contributed by atoms with Crippen LogP contribution in [0.4, 0.5) is 0 Å². The first-order valence-electron chi connectivity index (χ1n) is 6.54. The van der Waals surface area contributed by atoms with Crippen LogP contribution in [0.3, 0.4) is 0 Å². The van der Waals surface area contributed by atoms with Crippen molar-refractivity contribution in [1.29, 1.82) is 0 Å². The first-order valence-corrected chi connectivity index (χ1v) is 10.7. The summed E-state index contributed by atoms with van der Waals surface area (Å²) in [5.74, 6) is 0. The van der Waals surface area contributed by atoms with Gasteiger partial charge in [0.25, 0.3) is 4.84 Å². The van der Waals surface area contributed by atoms with Crippen LogP contribution >= 0.6 is 12.2 Å². The zero-order chi connectivity index (χ0) is 14.0. The zero-order valence-corrected chi connectivity index (χ0v) is 13.8. The van der Waals surface area contributed by atoms with Crippen LogP contribution in [0, 0.1) is 11.8 Å². The van der Waals surface area contributed by atoms with Gasteiger partial charge in [-0.25, -0.2) is 0 Å². The predicted molar refractivity (Wildman–Crippen MR) is 83.9 cm³/mol. The lowest BCUT2D eigenvalue weighted by Gasteiger charge is -2.15. The lowest BCUT2D eigenvalue weighted by Crippen LogP contribution is -2.22. The smallest absolute Gasteiger partial charge is 0.271 e. The van der Waals surface area contributed by atoms with Crippen LogP contribution in [0.2, 0.25) is 25.7 Å². The molecule has 0 N–H and O–H groups in total. The van der Waals surface area contributed by atoms with Gasteiger partial charge >= 0.3 is 0 Å². The Bertz CT molecular complexity index is 624. The SMILES string of the molecule is Cc1ccc2c(c1)oc(=S)n2COCC[Si](C)(C)C. The van der Waals surface area contributed by atoms with Gasteiger partial charge in [-0.3, -0.25) is 4.57 Å². The van der Waals surface area contributed by atoms with E-state index in [4.69, 9.17) is 21.4 Å². The maximum atomic E-state index is 5.74. The highest BCUT2D eigenvalue weighted by Gasteiger charge is 2.12. The molecule has 0 aliphatic rings. The van der Waals surface area contributed by atoms with Crippen LogP contribution in [-0.4, -0.2) is 19.2 Å².